The fourth-order valence-electron chi connectivity index (χ4n) is 1.68. The molecule has 1 saturated carbocycles. The lowest BCUT2D eigenvalue weighted by Gasteiger charge is -2.41. The molecular weight excluding hydrogens is 154 g/mol. The van der Waals surface area contributed by atoms with E-state index in [4.69, 9.17) is 5.26 Å². The molecule has 11 heavy (non-hydrogen) atoms. The molecule has 1 fully saturated rings. The van der Waals surface area contributed by atoms with E-state index < -0.39 is 0 Å². The molecule has 0 aliphatic heterocycles. The molecule has 62 valence electrons. The molecule has 0 saturated heterocycles. The Bertz CT molecular complexity index is 165. The highest BCUT2D eigenvalue weighted by atomic mass is 32.2. The van der Waals surface area contributed by atoms with Crippen molar-refractivity contribution >= 4 is 11.8 Å². The molecule has 1 aliphatic rings. The lowest BCUT2D eigenvalue weighted by molar-refractivity contribution is 0.269. The Balaban J connectivity index is 2.38. The van der Waals surface area contributed by atoms with Gasteiger partial charge in [-0.1, -0.05) is 20.3 Å². The van der Waals surface area contributed by atoms with Crippen molar-refractivity contribution in [3.8, 4) is 6.07 Å². The Morgan fingerprint density at radius 1 is 1.55 bits per heavy atom. The fourth-order valence-corrected chi connectivity index (χ4v) is 3.00. The second-order valence-electron chi connectivity index (χ2n) is 3.22. The Morgan fingerprint density at radius 2 is 2.18 bits per heavy atom. The first-order chi connectivity index (χ1) is 5.26. The molecule has 0 aromatic rings. The van der Waals surface area contributed by atoms with E-state index in [0.29, 0.717) is 0 Å². The number of thioether (sulfide) groups is 1. The largest absolute Gasteiger partial charge is 0.197 e. The van der Waals surface area contributed by atoms with Crippen LogP contribution in [-0.4, -0.2) is 10.5 Å². The van der Waals surface area contributed by atoms with Crippen molar-refractivity contribution in [3.63, 3.8) is 0 Å². The SMILES string of the molecule is CCSC1(C#N)CC(CC)C1. The lowest BCUT2D eigenvalue weighted by Crippen LogP contribution is -2.39. The molecule has 0 N–H and O–H groups in total. The van der Waals surface area contributed by atoms with Gasteiger partial charge in [-0.15, -0.1) is 11.8 Å². The van der Waals surface area contributed by atoms with Crippen LogP contribution in [0.1, 0.15) is 33.1 Å². The first-order valence-electron chi connectivity index (χ1n) is 4.31. The predicted molar refractivity (Wildman–Crippen MR) is 49.5 cm³/mol. The summed E-state index contributed by atoms with van der Waals surface area (Å²) in [5, 5.41) is 8.91. The van der Waals surface area contributed by atoms with Gasteiger partial charge in [0.05, 0.1) is 6.07 Å². The molecule has 0 atom stereocenters. The summed E-state index contributed by atoms with van der Waals surface area (Å²) in [5.74, 6) is 1.90. The third kappa shape index (κ3) is 1.70. The smallest absolute Gasteiger partial charge is 0.103 e. The summed E-state index contributed by atoms with van der Waals surface area (Å²) in [4.78, 5) is 0. The molecule has 0 amide bonds. The van der Waals surface area contributed by atoms with Gasteiger partial charge < -0.3 is 0 Å². The van der Waals surface area contributed by atoms with Gasteiger partial charge in [0.25, 0.3) is 0 Å². The van der Waals surface area contributed by atoms with Crippen LogP contribution in [0.4, 0.5) is 0 Å². The van der Waals surface area contributed by atoms with Crippen molar-refractivity contribution in [2.75, 3.05) is 5.75 Å². The quantitative estimate of drug-likeness (QED) is 0.648. The monoisotopic (exact) mass is 169 g/mol. The van der Waals surface area contributed by atoms with Gasteiger partial charge in [-0.25, -0.2) is 0 Å². The second kappa shape index (κ2) is 3.49. The zero-order valence-corrected chi connectivity index (χ0v) is 8.08. The molecule has 1 rings (SSSR count). The lowest BCUT2D eigenvalue weighted by atomic mass is 9.73. The molecule has 0 radical (unpaired) electrons. The number of hydrogen-bond acceptors (Lipinski definition) is 2. The van der Waals surface area contributed by atoms with Gasteiger partial charge in [-0.2, -0.15) is 5.26 Å². The van der Waals surface area contributed by atoms with Gasteiger partial charge in [0, 0.05) is 0 Å². The van der Waals surface area contributed by atoms with E-state index in [1.807, 2.05) is 11.8 Å². The van der Waals surface area contributed by atoms with E-state index in [2.05, 4.69) is 19.9 Å². The molecule has 1 aliphatic carbocycles. The van der Waals surface area contributed by atoms with E-state index in [-0.39, 0.29) is 4.75 Å². The average molecular weight is 169 g/mol. The number of rotatable bonds is 3. The van der Waals surface area contributed by atoms with Crippen molar-refractivity contribution in [3.05, 3.63) is 0 Å². The van der Waals surface area contributed by atoms with Crippen molar-refractivity contribution in [1.29, 1.82) is 5.26 Å². The van der Waals surface area contributed by atoms with Crippen LogP contribution in [-0.2, 0) is 0 Å². The van der Waals surface area contributed by atoms with Crippen molar-refractivity contribution in [2.24, 2.45) is 5.92 Å². The van der Waals surface area contributed by atoms with Gasteiger partial charge >= 0.3 is 0 Å². The van der Waals surface area contributed by atoms with E-state index >= 15 is 0 Å². The Hall–Kier alpha value is -0.160. The van der Waals surface area contributed by atoms with E-state index in [9.17, 15) is 0 Å². The van der Waals surface area contributed by atoms with Crippen LogP contribution >= 0.6 is 11.8 Å². The summed E-state index contributed by atoms with van der Waals surface area (Å²) >= 11 is 1.82. The first-order valence-corrected chi connectivity index (χ1v) is 5.30. The summed E-state index contributed by atoms with van der Waals surface area (Å²) in [6, 6.07) is 2.44. The zero-order valence-electron chi connectivity index (χ0n) is 7.26. The van der Waals surface area contributed by atoms with Crippen LogP contribution in [0.5, 0.6) is 0 Å². The first kappa shape index (κ1) is 8.93. The summed E-state index contributed by atoms with van der Waals surface area (Å²) in [6.45, 7) is 4.34. The van der Waals surface area contributed by atoms with Crippen LogP contribution in [0.25, 0.3) is 0 Å². The highest BCUT2D eigenvalue weighted by molar-refractivity contribution is 8.00. The molecule has 0 aromatic carbocycles. The third-order valence-electron chi connectivity index (χ3n) is 2.44. The third-order valence-corrected chi connectivity index (χ3v) is 3.70. The molecule has 0 unspecified atom stereocenters. The maximum absolute atomic E-state index is 8.91. The van der Waals surface area contributed by atoms with E-state index in [1.54, 1.807) is 0 Å². The summed E-state index contributed by atoms with van der Waals surface area (Å²) in [7, 11) is 0. The minimum absolute atomic E-state index is 0.00935. The van der Waals surface area contributed by atoms with Crippen LogP contribution in [0, 0.1) is 17.2 Å². The fraction of sp³-hybridized carbons (Fsp3) is 0.889. The number of hydrogen-bond donors (Lipinski definition) is 0. The van der Waals surface area contributed by atoms with Gasteiger partial charge in [0.1, 0.15) is 4.75 Å². The Kier molecular flexibility index (Phi) is 2.84. The molecule has 0 spiro atoms. The van der Waals surface area contributed by atoms with Gasteiger partial charge in [0.2, 0.25) is 0 Å². The highest BCUT2D eigenvalue weighted by Gasteiger charge is 2.43. The zero-order chi connectivity index (χ0) is 8.32. The second-order valence-corrected chi connectivity index (χ2v) is 4.87. The Morgan fingerprint density at radius 3 is 2.55 bits per heavy atom. The summed E-state index contributed by atoms with van der Waals surface area (Å²) < 4.78 is 0.00935. The molecule has 1 nitrogen and oxygen atoms in total. The standard InChI is InChI=1S/C9H15NS/c1-3-8-5-9(6-8,7-10)11-4-2/h8H,3-6H2,1-2H3. The van der Waals surface area contributed by atoms with Crippen LogP contribution in [0.3, 0.4) is 0 Å². The van der Waals surface area contributed by atoms with Crippen LogP contribution in [0.15, 0.2) is 0 Å². The summed E-state index contributed by atoms with van der Waals surface area (Å²) in [5.41, 5.74) is 0. The van der Waals surface area contributed by atoms with Crippen molar-refractivity contribution < 1.29 is 0 Å². The van der Waals surface area contributed by atoms with Gasteiger partial charge in [-0.3, -0.25) is 0 Å². The normalized spacial score (nSPS) is 35.9. The molecule has 2 heteroatoms. The minimum Gasteiger partial charge on any atom is -0.197 e. The molecule has 0 heterocycles. The summed E-state index contributed by atoms with van der Waals surface area (Å²) in [6.07, 6.45) is 3.49. The van der Waals surface area contributed by atoms with Gasteiger partial charge in [-0.05, 0) is 24.5 Å². The minimum atomic E-state index is 0.00935. The molecular formula is C9H15NS. The van der Waals surface area contributed by atoms with Crippen molar-refractivity contribution in [2.45, 2.75) is 37.9 Å². The maximum Gasteiger partial charge on any atom is 0.103 e. The van der Waals surface area contributed by atoms with Gasteiger partial charge in [0.15, 0.2) is 0 Å². The average Bonchev–Trinajstić information content (AvgIpc) is 1.96. The van der Waals surface area contributed by atoms with E-state index in [1.165, 1.54) is 6.42 Å². The maximum atomic E-state index is 8.91. The molecule has 0 bridgehead atoms. The highest BCUT2D eigenvalue weighted by Crippen LogP contribution is 2.48. The van der Waals surface area contributed by atoms with Crippen LogP contribution < -0.4 is 0 Å². The topological polar surface area (TPSA) is 23.8 Å². The number of nitriles is 1. The Labute approximate surface area is 73.2 Å². The van der Waals surface area contributed by atoms with E-state index in [0.717, 1.165) is 24.5 Å². The number of nitrogens with zero attached hydrogens (tertiary/aromatic N) is 1. The van der Waals surface area contributed by atoms with Crippen molar-refractivity contribution in [1.82, 2.24) is 0 Å². The molecule has 0 aromatic heterocycles. The van der Waals surface area contributed by atoms with Crippen LogP contribution in [0.2, 0.25) is 0 Å². The predicted octanol–water partition coefficient (Wildman–Crippen LogP) is 2.82.